The van der Waals surface area contributed by atoms with Crippen LogP contribution in [-0.4, -0.2) is 34.1 Å². The number of rotatable bonds is 8. The van der Waals surface area contributed by atoms with Crippen LogP contribution >= 0.6 is 11.3 Å². The molecule has 5 rings (SSSR count). The molecule has 2 aliphatic carbocycles. The summed E-state index contributed by atoms with van der Waals surface area (Å²) in [6.45, 7) is 2.69. The van der Waals surface area contributed by atoms with Crippen LogP contribution in [0.25, 0.3) is 0 Å². The summed E-state index contributed by atoms with van der Waals surface area (Å²) in [6.07, 6.45) is 5.97. The van der Waals surface area contributed by atoms with Gasteiger partial charge in [-0.15, -0.1) is 11.3 Å². The number of fused-ring (bicyclic) bond motifs is 1. The molecule has 0 amide bonds. The number of thiophene rings is 1. The highest BCUT2D eigenvalue weighted by Crippen LogP contribution is 2.45. The summed E-state index contributed by atoms with van der Waals surface area (Å²) in [6, 6.07) is 7.78. The van der Waals surface area contributed by atoms with E-state index in [9.17, 15) is 14.1 Å². The van der Waals surface area contributed by atoms with Crippen molar-refractivity contribution in [3.63, 3.8) is 0 Å². The number of hydrogen-bond donors (Lipinski definition) is 2. The highest BCUT2D eigenvalue weighted by molar-refractivity contribution is 7.95. The zero-order valence-corrected chi connectivity index (χ0v) is 19.4. The molecule has 0 radical (unpaired) electrons. The number of ether oxygens (including phenoxy) is 1. The number of carbonyl (C=O) groups excluding carboxylic acids is 1. The maximum Gasteiger partial charge on any atom is 0.151 e. The summed E-state index contributed by atoms with van der Waals surface area (Å²) in [7, 11) is -3.24. The van der Waals surface area contributed by atoms with Crippen LogP contribution in [-0.2, 0) is 44.1 Å². The van der Waals surface area contributed by atoms with Crippen molar-refractivity contribution in [3.05, 3.63) is 51.4 Å². The van der Waals surface area contributed by atoms with Gasteiger partial charge in [-0.05, 0) is 78.3 Å². The van der Waals surface area contributed by atoms with Crippen molar-refractivity contribution in [1.82, 2.24) is 0 Å². The molecule has 7 heteroatoms. The molecule has 1 unspecified atom stereocenters. The van der Waals surface area contributed by atoms with E-state index in [0.29, 0.717) is 20.9 Å². The molecule has 1 saturated heterocycles. The molecule has 2 heterocycles. The van der Waals surface area contributed by atoms with Crippen LogP contribution in [0.3, 0.4) is 0 Å². The molecular weight excluding hydrogens is 430 g/mol. The first-order valence-electron chi connectivity index (χ1n) is 11.1. The molecule has 5 nitrogen and oxygen atoms in total. The van der Waals surface area contributed by atoms with E-state index in [-0.39, 0.29) is 31.2 Å². The molecule has 2 N–H and O–H groups in total. The fraction of sp³-hybridized carbons (Fsp3) is 0.542. The monoisotopic (exact) mass is 459 g/mol. The summed E-state index contributed by atoms with van der Waals surface area (Å²) in [5, 5.41) is 10.4. The first-order valence-corrected chi connectivity index (χ1v) is 13.6. The van der Waals surface area contributed by atoms with Gasteiger partial charge < -0.3 is 9.84 Å². The lowest BCUT2D eigenvalue weighted by molar-refractivity contribution is -0.182. The number of ketones is 1. The normalized spacial score (nSPS) is 22.4. The summed E-state index contributed by atoms with van der Waals surface area (Å²) in [4.78, 5) is 13.7. The Morgan fingerprint density at radius 3 is 2.74 bits per heavy atom. The Bertz CT molecular complexity index is 1130. The van der Waals surface area contributed by atoms with E-state index in [1.165, 1.54) is 40.9 Å². The van der Waals surface area contributed by atoms with E-state index in [4.69, 9.17) is 9.52 Å². The minimum atomic E-state index is -3.24. The summed E-state index contributed by atoms with van der Waals surface area (Å²) in [5.74, 6) is 0.743. The van der Waals surface area contributed by atoms with Crippen molar-refractivity contribution in [1.29, 1.82) is 4.78 Å². The second-order valence-corrected chi connectivity index (χ2v) is 12.8. The number of aryl methyl sites for hydroxylation is 1. The van der Waals surface area contributed by atoms with E-state index < -0.39 is 15.3 Å². The van der Waals surface area contributed by atoms with Crippen molar-refractivity contribution in [3.8, 4) is 0 Å². The fourth-order valence-electron chi connectivity index (χ4n) is 4.98. The molecule has 1 saturated carbocycles. The first-order chi connectivity index (χ1) is 14.8. The predicted octanol–water partition coefficient (Wildman–Crippen LogP) is 4.19. The maximum atomic E-state index is 13.1. The molecule has 0 spiro atoms. The second kappa shape index (κ2) is 7.80. The molecule has 2 fully saturated rings. The van der Waals surface area contributed by atoms with Gasteiger partial charge in [-0.2, -0.15) is 0 Å². The van der Waals surface area contributed by atoms with Crippen LogP contribution in [0.15, 0.2) is 28.5 Å². The number of hydrogen-bond acceptors (Lipinski definition) is 6. The Labute approximate surface area is 187 Å². The molecule has 0 bridgehead atoms. The molecular formula is C24H29NO4S2. The van der Waals surface area contributed by atoms with E-state index in [0.717, 1.165) is 24.8 Å². The lowest BCUT2D eigenvalue weighted by Crippen LogP contribution is -2.45. The minimum absolute atomic E-state index is 0.134. The first kappa shape index (κ1) is 21.3. The van der Waals surface area contributed by atoms with Crippen molar-refractivity contribution >= 4 is 26.8 Å². The van der Waals surface area contributed by atoms with Crippen LogP contribution < -0.4 is 0 Å². The molecule has 2 atom stereocenters. The average Bonchev–Trinajstić information content (AvgIpc) is 3.22. The van der Waals surface area contributed by atoms with Gasteiger partial charge in [0.25, 0.3) is 0 Å². The molecule has 1 aromatic carbocycles. The average molecular weight is 460 g/mol. The van der Waals surface area contributed by atoms with Crippen LogP contribution in [0.1, 0.15) is 59.2 Å². The van der Waals surface area contributed by atoms with Gasteiger partial charge in [0.2, 0.25) is 0 Å². The molecule has 166 valence electrons. The molecule has 3 aliphatic rings. The standard InChI is InChI=1S/C24H29NO4S2/c1-15(16-5-6-16)19-8-7-17-3-2-4-20(17)21(19)11-18(26)12-31(25,28)23-10-9-22(30-23)24(27)13-29-14-24/h7-10,15-16,25,27H,2-6,11-14H2,1H3/t15-,31?/m0/s1. The van der Waals surface area contributed by atoms with Gasteiger partial charge in [-0.25, -0.2) is 8.99 Å². The van der Waals surface area contributed by atoms with Crippen molar-refractivity contribution in [2.24, 2.45) is 5.92 Å². The van der Waals surface area contributed by atoms with Gasteiger partial charge in [0.05, 0.1) is 28.7 Å². The third kappa shape index (κ3) is 4.01. The van der Waals surface area contributed by atoms with Crippen molar-refractivity contribution in [2.45, 2.75) is 61.2 Å². The SMILES string of the molecule is C[C@H](c1ccc2c(c1CC(=O)CS(=N)(=O)c1ccc(C3(O)COC3)s1)CCC2)C1CC1. The van der Waals surface area contributed by atoms with E-state index in [1.807, 2.05) is 0 Å². The molecule has 1 aromatic heterocycles. The van der Waals surface area contributed by atoms with Crippen LogP contribution in [0.4, 0.5) is 0 Å². The largest absolute Gasteiger partial charge is 0.379 e. The van der Waals surface area contributed by atoms with Crippen LogP contribution in [0.5, 0.6) is 0 Å². The third-order valence-electron chi connectivity index (χ3n) is 7.04. The Morgan fingerprint density at radius 2 is 2.06 bits per heavy atom. The number of nitrogens with one attached hydrogen (secondary N) is 1. The lowest BCUT2D eigenvalue weighted by atomic mass is 9.86. The van der Waals surface area contributed by atoms with Gasteiger partial charge in [-0.1, -0.05) is 19.1 Å². The summed E-state index contributed by atoms with van der Waals surface area (Å²) >= 11 is 1.17. The minimum Gasteiger partial charge on any atom is -0.379 e. The van der Waals surface area contributed by atoms with Crippen molar-refractivity contribution < 1.29 is 18.8 Å². The summed E-state index contributed by atoms with van der Waals surface area (Å²) < 4.78 is 27.0. The smallest absolute Gasteiger partial charge is 0.151 e. The lowest BCUT2D eigenvalue weighted by Gasteiger charge is -2.35. The Balaban J connectivity index is 1.36. The number of aliphatic hydroxyl groups is 1. The van der Waals surface area contributed by atoms with Crippen LogP contribution in [0, 0.1) is 10.7 Å². The highest BCUT2D eigenvalue weighted by Gasteiger charge is 2.40. The zero-order chi connectivity index (χ0) is 21.8. The van der Waals surface area contributed by atoms with Crippen LogP contribution in [0.2, 0.25) is 0 Å². The van der Waals surface area contributed by atoms with Gasteiger partial charge in [0.15, 0.2) is 5.78 Å². The predicted molar refractivity (Wildman–Crippen MR) is 121 cm³/mol. The maximum absolute atomic E-state index is 13.1. The molecule has 2 aromatic rings. The molecule has 1 aliphatic heterocycles. The van der Waals surface area contributed by atoms with E-state index >= 15 is 0 Å². The van der Waals surface area contributed by atoms with E-state index in [2.05, 4.69) is 19.1 Å². The Kier molecular flexibility index (Phi) is 5.36. The number of carbonyl (C=O) groups is 1. The number of benzene rings is 1. The third-order valence-corrected chi connectivity index (χ3v) is 10.7. The topological polar surface area (TPSA) is 87.5 Å². The summed E-state index contributed by atoms with van der Waals surface area (Å²) in [5.41, 5.74) is 4.04. The van der Waals surface area contributed by atoms with Gasteiger partial charge in [0, 0.05) is 11.3 Å². The number of Topliss-reactive ketones (excluding diaryl/α,β-unsaturated/α-hetero) is 1. The highest BCUT2D eigenvalue weighted by atomic mass is 32.2. The van der Waals surface area contributed by atoms with E-state index in [1.54, 1.807) is 12.1 Å². The molecule has 31 heavy (non-hydrogen) atoms. The Morgan fingerprint density at radius 1 is 1.29 bits per heavy atom. The second-order valence-electron chi connectivity index (χ2n) is 9.43. The van der Waals surface area contributed by atoms with Gasteiger partial charge >= 0.3 is 0 Å². The Hall–Kier alpha value is -1.54. The quantitative estimate of drug-likeness (QED) is 0.620. The zero-order valence-electron chi connectivity index (χ0n) is 17.8. The van der Waals surface area contributed by atoms with Crippen molar-refractivity contribution in [2.75, 3.05) is 19.0 Å². The van der Waals surface area contributed by atoms with Gasteiger partial charge in [-0.3, -0.25) is 4.79 Å². The fourth-order valence-corrected chi connectivity index (χ4v) is 7.74. The van der Waals surface area contributed by atoms with Gasteiger partial charge in [0.1, 0.15) is 9.81 Å².